The quantitative estimate of drug-likeness (QED) is 0.752. The first kappa shape index (κ1) is 18.3. The predicted octanol–water partition coefficient (Wildman–Crippen LogP) is 2.53. The van der Waals surface area contributed by atoms with Crippen LogP contribution in [0, 0.1) is 0 Å². The topological polar surface area (TPSA) is 77.4 Å². The summed E-state index contributed by atoms with van der Waals surface area (Å²) in [6.45, 7) is 3.56. The molecule has 2 aliphatic rings. The standard InChI is InChI=1S/C18H20N2O5S/c1-9-14(17(22)25-5)15(20-16(21)10(2)26-18(20)19-9)12-8-11(23-3)6-7-13(12)24-4/h6-8,10,15H,1-5H3/t10-,15-/m1/s1. The fourth-order valence-electron chi connectivity index (χ4n) is 3.12. The number of amidine groups is 1. The third kappa shape index (κ3) is 2.84. The Morgan fingerprint density at radius 2 is 1.96 bits per heavy atom. The van der Waals surface area contributed by atoms with Gasteiger partial charge in [-0.25, -0.2) is 9.79 Å². The second-order valence-electron chi connectivity index (χ2n) is 5.86. The number of hydrogen-bond donors (Lipinski definition) is 0. The largest absolute Gasteiger partial charge is 0.497 e. The van der Waals surface area contributed by atoms with Gasteiger partial charge >= 0.3 is 5.97 Å². The molecule has 7 nitrogen and oxygen atoms in total. The number of rotatable bonds is 4. The van der Waals surface area contributed by atoms with Crippen LogP contribution in [0.5, 0.6) is 11.5 Å². The van der Waals surface area contributed by atoms with Crippen molar-refractivity contribution in [2.75, 3.05) is 21.3 Å². The number of aliphatic imine (C=N–C) groups is 1. The van der Waals surface area contributed by atoms with E-state index in [1.165, 1.54) is 18.9 Å². The fourth-order valence-corrected chi connectivity index (χ4v) is 4.15. The van der Waals surface area contributed by atoms with Crippen LogP contribution >= 0.6 is 11.8 Å². The van der Waals surface area contributed by atoms with E-state index in [0.29, 0.717) is 33.5 Å². The summed E-state index contributed by atoms with van der Waals surface area (Å²) in [5.41, 5.74) is 1.47. The number of esters is 1. The number of benzene rings is 1. The Morgan fingerprint density at radius 3 is 2.58 bits per heavy atom. The number of ether oxygens (including phenoxy) is 3. The van der Waals surface area contributed by atoms with Crippen LogP contribution in [0.25, 0.3) is 0 Å². The van der Waals surface area contributed by atoms with Gasteiger partial charge in [0.25, 0.3) is 0 Å². The van der Waals surface area contributed by atoms with E-state index in [0.717, 1.165) is 0 Å². The molecule has 0 saturated carbocycles. The minimum atomic E-state index is -0.690. The molecule has 0 aromatic heterocycles. The molecule has 0 radical (unpaired) electrons. The van der Waals surface area contributed by atoms with E-state index in [4.69, 9.17) is 14.2 Å². The fraction of sp³-hybridized carbons (Fsp3) is 0.389. The highest BCUT2D eigenvalue weighted by Gasteiger charge is 2.47. The molecule has 0 spiro atoms. The van der Waals surface area contributed by atoms with Crippen molar-refractivity contribution in [2.45, 2.75) is 25.1 Å². The number of amides is 1. The van der Waals surface area contributed by atoms with Gasteiger partial charge in [-0.3, -0.25) is 9.69 Å². The molecule has 1 aromatic rings. The monoisotopic (exact) mass is 376 g/mol. The van der Waals surface area contributed by atoms with E-state index >= 15 is 0 Å². The highest BCUT2D eigenvalue weighted by Crippen LogP contribution is 2.46. The first-order chi connectivity index (χ1) is 12.4. The number of hydrogen-bond acceptors (Lipinski definition) is 7. The normalized spacial score (nSPS) is 22.1. The van der Waals surface area contributed by atoms with Crippen LogP contribution < -0.4 is 9.47 Å². The van der Waals surface area contributed by atoms with Crippen LogP contribution in [0.2, 0.25) is 0 Å². The van der Waals surface area contributed by atoms with Crippen LogP contribution in [-0.4, -0.2) is 48.5 Å². The van der Waals surface area contributed by atoms with Crippen molar-refractivity contribution >= 4 is 28.8 Å². The molecular formula is C18H20N2O5S. The van der Waals surface area contributed by atoms with E-state index in [9.17, 15) is 9.59 Å². The highest BCUT2D eigenvalue weighted by molar-refractivity contribution is 8.15. The summed E-state index contributed by atoms with van der Waals surface area (Å²) in [4.78, 5) is 31.4. The van der Waals surface area contributed by atoms with Crippen molar-refractivity contribution < 1.29 is 23.8 Å². The Kier molecular flexibility index (Phi) is 4.95. The summed E-state index contributed by atoms with van der Waals surface area (Å²) < 4.78 is 15.8. The minimum absolute atomic E-state index is 0.113. The Morgan fingerprint density at radius 1 is 1.23 bits per heavy atom. The molecule has 0 unspecified atom stereocenters. The average Bonchev–Trinajstić information content (AvgIpc) is 2.92. The zero-order valence-electron chi connectivity index (χ0n) is 15.2. The first-order valence-corrected chi connectivity index (χ1v) is 8.90. The number of allylic oxidation sites excluding steroid dienone is 1. The lowest BCUT2D eigenvalue weighted by Crippen LogP contribution is -2.40. The minimum Gasteiger partial charge on any atom is -0.497 e. The van der Waals surface area contributed by atoms with Gasteiger partial charge in [-0.1, -0.05) is 11.8 Å². The maximum Gasteiger partial charge on any atom is 0.338 e. The number of nitrogens with zero attached hydrogens (tertiary/aromatic N) is 2. The number of carbonyl (C=O) groups excluding carboxylic acids is 2. The molecule has 0 N–H and O–H groups in total. The predicted molar refractivity (Wildman–Crippen MR) is 98.3 cm³/mol. The van der Waals surface area contributed by atoms with Crippen LogP contribution in [0.3, 0.4) is 0 Å². The molecule has 138 valence electrons. The lowest BCUT2D eigenvalue weighted by Gasteiger charge is -2.33. The molecule has 26 heavy (non-hydrogen) atoms. The molecule has 2 atom stereocenters. The van der Waals surface area contributed by atoms with E-state index in [1.807, 2.05) is 6.92 Å². The van der Waals surface area contributed by atoms with Gasteiger partial charge < -0.3 is 14.2 Å². The van der Waals surface area contributed by atoms with Gasteiger partial charge in [-0.15, -0.1) is 0 Å². The van der Waals surface area contributed by atoms with E-state index in [-0.39, 0.29) is 11.2 Å². The summed E-state index contributed by atoms with van der Waals surface area (Å²) in [6.07, 6.45) is 0. The molecule has 1 fully saturated rings. The summed E-state index contributed by atoms with van der Waals surface area (Å²) in [6, 6.07) is 4.59. The van der Waals surface area contributed by atoms with Crippen molar-refractivity contribution in [3.8, 4) is 11.5 Å². The summed E-state index contributed by atoms with van der Waals surface area (Å²) in [5, 5.41) is 0.292. The third-order valence-electron chi connectivity index (χ3n) is 4.40. The number of methoxy groups -OCH3 is 3. The lowest BCUT2D eigenvalue weighted by atomic mass is 9.93. The van der Waals surface area contributed by atoms with Gasteiger partial charge in [0.05, 0.1) is 37.8 Å². The molecule has 1 amide bonds. The van der Waals surface area contributed by atoms with Gasteiger partial charge in [0.15, 0.2) is 5.17 Å². The molecule has 8 heteroatoms. The number of fused-ring (bicyclic) bond motifs is 1. The second-order valence-corrected chi connectivity index (χ2v) is 7.17. The second kappa shape index (κ2) is 7.03. The van der Waals surface area contributed by atoms with Crippen molar-refractivity contribution in [3.05, 3.63) is 35.0 Å². The van der Waals surface area contributed by atoms with Crippen molar-refractivity contribution in [2.24, 2.45) is 4.99 Å². The van der Waals surface area contributed by atoms with Crippen molar-refractivity contribution in [3.63, 3.8) is 0 Å². The van der Waals surface area contributed by atoms with Gasteiger partial charge in [-0.2, -0.15) is 0 Å². The molecule has 2 aliphatic heterocycles. The lowest BCUT2D eigenvalue weighted by molar-refractivity contribution is -0.137. The molecule has 2 heterocycles. The van der Waals surface area contributed by atoms with E-state index in [2.05, 4.69) is 4.99 Å². The highest BCUT2D eigenvalue weighted by atomic mass is 32.2. The first-order valence-electron chi connectivity index (χ1n) is 8.02. The van der Waals surface area contributed by atoms with Crippen molar-refractivity contribution in [1.29, 1.82) is 0 Å². The summed E-state index contributed by atoms with van der Waals surface area (Å²) in [5.74, 6) is 0.498. The van der Waals surface area contributed by atoms with Gasteiger partial charge in [0, 0.05) is 5.56 Å². The van der Waals surface area contributed by atoms with Crippen LogP contribution in [0.15, 0.2) is 34.5 Å². The van der Waals surface area contributed by atoms with E-state index in [1.54, 1.807) is 44.2 Å². The Hall–Kier alpha value is -2.48. The molecule has 0 aliphatic carbocycles. The number of carbonyl (C=O) groups is 2. The van der Waals surface area contributed by atoms with Crippen LogP contribution in [0.1, 0.15) is 25.5 Å². The maximum atomic E-state index is 12.8. The SMILES string of the molecule is COC(=O)C1=C(C)N=C2S[C@H](C)C(=O)N2[C@@H]1c1cc(OC)ccc1OC. The summed E-state index contributed by atoms with van der Waals surface area (Å²) >= 11 is 1.37. The molecule has 3 rings (SSSR count). The van der Waals surface area contributed by atoms with Gasteiger partial charge in [0.2, 0.25) is 5.91 Å². The van der Waals surface area contributed by atoms with E-state index < -0.39 is 12.0 Å². The number of thioether (sulfide) groups is 1. The third-order valence-corrected chi connectivity index (χ3v) is 5.45. The maximum absolute atomic E-state index is 12.8. The zero-order valence-corrected chi connectivity index (χ0v) is 16.0. The molecular weight excluding hydrogens is 356 g/mol. The van der Waals surface area contributed by atoms with Crippen LogP contribution in [0.4, 0.5) is 0 Å². The van der Waals surface area contributed by atoms with Crippen LogP contribution in [-0.2, 0) is 14.3 Å². The molecule has 0 bridgehead atoms. The molecule has 1 saturated heterocycles. The molecule has 1 aromatic carbocycles. The van der Waals surface area contributed by atoms with Gasteiger partial charge in [-0.05, 0) is 32.0 Å². The van der Waals surface area contributed by atoms with Gasteiger partial charge in [0.1, 0.15) is 17.5 Å². The Balaban J connectivity index is 2.25. The summed E-state index contributed by atoms with van der Waals surface area (Å²) in [7, 11) is 4.41. The average molecular weight is 376 g/mol. The van der Waals surface area contributed by atoms with Crippen molar-refractivity contribution in [1.82, 2.24) is 4.90 Å². The Labute approximate surface area is 156 Å². The zero-order chi connectivity index (χ0) is 19.0. The smallest absolute Gasteiger partial charge is 0.338 e. The Bertz CT molecular complexity index is 833.